The molecular formula is C27H40N8O3. The monoisotopic (exact) mass is 524 g/mol. The molecule has 3 heterocycles. The second-order valence-corrected chi connectivity index (χ2v) is 9.72. The number of morpholine rings is 1. The summed E-state index contributed by atoms with van der Waals surface area (Å²) in [6.45, 7) is 5.16. The van der Waals surface area contributed by atoms with Crippen LogP contribution in [-0.2, 0) is 9.53 Å². The summed E-state index contributed by atoms with van der Waals surface area (Å²) in [5.74, 6) is 0.611. The Morgan fingerprint density at radius 2 is 1.63 bits per heavy atom. The highest BCUT2D eigenvalue weighted by Gasteiger charge is 2.17. The fraction of sp³-hybridized carbons (Fsp3) is 0.556. The first kappa shape index (κ1) is 27.6. The van der Waals surface area contributed by atoms with Crippen LogP contribution < -0.4 is 31.9 Å². The van der Waals surface area contributed by atoms with Crippen LogP contribution in [0.1, 0.15) is 55.3 Å². The van der Waals surface area contributed by atoms with Crippen LogP contribution >= 0.6 is 0 Å². The molecule has 2 bridgehead atoms. The third-order valence-corrected chi connectivity index (χ3v) is 6.79. The molecule has 1 aromatic carbocycles. The highest BCUT2D eigenvalue weighted by molar-refractivity contribution is 6.07. The molecular weight excluding hydrogens is 484 g/mol. The SMILES string of the molecule is N[C@H]1CCCCNc2nc(ncc2C(=O)Nc2ccc(N3CCOCC3)cc2)NCCCCCCNC1=O. The highest BCUT2D eigenvalue weighted by Crippen LogP contribution is 2.21. The Balaban J connectivity index is 1.40. The summed E-state index contributed by atoms with van der Waals surface area (Å²) in [6.07, 6.45) is 7.70. The number of benzene rings is 1. The van der Waals surface area contributed by atoms with E-state index in [0.717, 1.165) is 77.1 Å². The molecule has 6 N–H and O–H groups in total. The van der Waals surface area contributed by atoms with E-state index >= 15 is 0 Å². The third kappa shape index (κ3) is 8.29. The van der Waals surface area contributed by atoms with Crippen LogP contribution in [0.5, 0.6) is 0 Å². The molecule has 2 aliphatic rings. The number of amides is 2. The summed E-state index contributed by atoms with van der Waals surface area (Å²) in [4.78, 5) is 36.6. The summed E-state index contributed by atoms with van der Waals surface area (Å²) in [5.41, 5.74) is 8.23. The van der Waals surface area contributed by atoms with Crippen molar-refractivity contribution in [1.29, 1.82) is 0 Å². The Morgan fingerprint density at radius 1 is 0.947 bits per heavy atom. The Labute approximate surface area is 224 Å². The van der Waals surface area contributed by atoms with Gasteiger partial charge in [-0.05, 0) is 56.4 Å². The fourth-order valence-corrected chi connectivity index (χ4v) is 4.52. The van der Waals surface area contributed by atoms with Crippen LogP contribution in [0, 0.1) is 0 Å². The van der Waals surface area contributed by atoms with E-state index in [1.807, 2.05) is 24.3 Å². The van der Waals surface area contributed by atoms with Crippen LogP contribution in [0.4, 0.5) is 23.1 Å². The van der Waals surface area contributed by atoms with Crippen molar-refractivity contribution in [2.45, 2.75) is 51.0 Å². The summed E-state index contributed by atoms with van der Waals surface area (Å²) in [7, 11) is 0. The average molecular weight is 525 g/mol. The summed E-state index contributed by atoms with van der Waals surface area (Å²) < 4.78 is 5.42. The third-order valence-electron chi connectivity index (χ3n) is 6.79. The maximum absolute atomic E-state index is 13.2. The maximum atomic E-state index is 13.2. The standard InChI is InChI=1S/C27H40N8O3/c28-23-7-3-6-12-29-24-22(19-32-27(34-24)31-14-5-2-1-4-13-30-26(23)37)25(36)33-20-8-10-21(11-9-20)35-15-17-38-18-16-35/h8-11,19,23H,1-7,12-18,28H2,(H,30,37)(H,33,36)(H2,29,31,32,34)/t23-/m0/s1. The van der Waals surface area contributed by atoms with E-state index in [1.54, 1.807) is 6.20 Å². The first-order chi connectivity index (χ1) is 18.6. The van der Waals surface area contributed by atoms with Gasteiger partial charge in [0.1, 0.15) is 11.4 Å². The van der Waals surface area contributed by atoms with Crippen molar-refractivity contribution in [3.63, 3.8) is 0 Å². The van der Waals surface area contributed by atoms with Crippen molar-refractivity contribution in [3.05, 3.63) is 36.0 Å². The molecule has 2 aliphatic heterocycles. The maximum Gasteiger partial charge on any atom is 0.260 e. The van der Waals surface area contributed by atoms with Crippen molar-refractivity contribution < 1.29 is 14.3 Å². The number of nitrogens with two attached hydrogens (primary N) is 1. The summed E-state index contributed by atoms with van der Waals surface area (Å²) in [5, 5.41) is 12.5. The molecule has 38 heavy (non-hydrogen) atoms. The van der Waals surface area contributed by atoms with Gasteiger partial charge in [0, 0.05) is 50.3 Å². The number of rotatable bonds is 3. The zero-order chi connectivity index (χ0) is 26.6. The van der Waals surface area contributed by atoms with Gasteiger partial charge < -0.3 is 36.6 Å². The minimum atomic E-state index is -0.500. The van der Waals surface area contributed by atoms with E-state index in [9.17, 15) is 9.59 Å². The van der Waals surface area contributed by atoms with E-state index in [-0.39, 0.29) is 11.8 Å². The van der Waals surface area contributed by atoms with Gasteiger partial charge in [-0.1, -0.05) is 12.8 Å². The van der Waals surface area contributed by atoms with E-state index < -0.39 is 6.04 Å². The first-order valence-corrected chi connectivity index (χ1v) is 13.7. The predicted molar refractivity (Wildman–Crippen MR) is 150 cm³/mol. The Morgan fingerprint density at radius 3 is 2.39 bits per heavy atom. The molecule has 1 atom stereocenters. The molecule has 2 amide bonds. The normalized spacial score (nSPS) is 20.2. The van der Waals surface area contributed by atoms with Crippen LogP contribution in [0.25, 0.3) is 0 Å². The molecule has 206 valence electrons. The van der Waals surface area contributed by atoms with Gasteiger partial charge in [0.2, 0.25) is 11.9 Å². The minimum absolute atomic E-state index is 0.0851. The average Bonchev–Trinajstić information content (AvgIpc) is 2.94. The van der Waals surface area contributed by atoms with Gasteiger partial charge in [0.05, 0.1) is 19.3 Å². The smallest absolute Gasteiger partial charge is 0.260 e. The Kier molecular flexibility index (Phi) is 10.5. The highest BCUT2D eigenvalue weighted by atomic mass is 16.5. The molecule has 0 unspecified atom stereocenters. The number of aromatic nitrogens is 2. The van der Waals surface area contributed by atoms with Gasteiger partial charge in [0.15, 0.2) is 0 Å². The van der Waals surface area contributed by atoms with Crippen LogP contribution in [0.15, 0.2) is 30.5 Å². The van der Waals surface area contributed by atoms with Crippen molar-refractivity contribution in [1.82, 2.24) is 15.3 Å². The molecule has 0 aliphatic carbocycles. The van der Waals surface area contributed by atoms with E-state index in [4.69, 9.17) is 10.5 Å². The van der Waals surface area contributed by atoms with Crippen molar-refractivity contribution >= 4 is 35.0 Å². The van der Waals surface area contributed by atoms with Gasteiger partial charge in [-0.2, -0.15) is 4.98 Å². The van der Waals surface area contributed by atoms with Crippen LogP contribution in [-0.4, -0.2) is 73.8 Å². The Bertz CT molecular complexity index is 1040. The number of hydrogen-bond donors (Lipinski definition) is 5. The Hall–Kier alpha value is -3.44. The second kappa shape index (κ2) is 14.5. The molecule has 11 nitrogen and oxygen atoms in total. The molecule has 0 radical (unpaired) electrons. The van der Waals surface area contributed by atoms with E-state index in [0.29, 0.717) is 42.5 Å². The van der Waals surface area contributed by atoms with Crippen LogP contribution in [0.2, 0.25) is 0 Å². The summed E-state index contributed by atoms with van der Waals surface area (Å²) in [6, 6.07) is 7.32. The van der Waals surface area contributed by atoms with Crippen molar-refractivity contribution in [3.8, 4) is 0 Å². The molecule has 0 spiro atoms. The van der Waals surface area contributed by atoms with Gasteiger partial charge >= 0.3 is 0 Å². The van der Waals surface area contributed by atoms with Gasteiger partial charge in [-0.15, -0.1) is 0 Å². The van der Waals surface area contributed by atoms with E-state index in [2.05, 4.69) is 36.1 Å². The zero-order valence-electron chi connectivity index (χ0n) is 22.0. The lowest BCUT2D eigenvalue weighted by molar-refractivity contribution is -0.122. The van der Waals surface area contributed by atoms with Crippen molar-refractivity contribution in [2.24, 2.45) is 5.73 Å². The number of fused-ring (bicyclic) bond motifs is 2. The van der Waals surface area contributed by atoms with E-state index in [1.165, 1.54) is 0 Å². The number of carbonyl (C=O) groups is 2. The zero-order valence-corrected chi connectivity index (χ0v) is 22.0. The number of nitrogens with one attached hydrogen (secondary N) is 4. The molecule has 11 heteroatoms. The number of hydrogen-bond acceptors (Lipinski definition) is 9. The lowest BCUT2D eigenvalue weighted by Crippen LogP contribution is -2.40. The fourth-order valence-electron chi connectivity index (χ4n) is 4.52. The summed E-state index contributed by atoms with van der Waals surface area (Å²) >= 11 is 0. The number of nitrogens with zero attached hydrogens (tertiary/aromatic N) is 3. The molecule has 2 aromatic rings. The number of carbonyl (C=O) groups excluding carboxylic acids is 2. The second-order valence-electron chi connectivity index (χ2n) is 9.72. The van der Waals surface area contributed by atoms with Gasteiger partial charge in [-0.3, -0.25) is 9.59 Å². The molecule has 4 rings (SSSR count). The molecule has 1 fully saturated rings. The lowest BCUT2D eigenvalue weighted by Gasteiger charge is -2.28. The largest absolute Gasteiger partial charge is 0.378 e. The molecule has 1 aromatic heterocycles. The molecule has 1 saturated heterocycles. The number of ether oxygens (including phenoxy) is 1. The lowest BCUT2D eigenvalue weighted by atomic mass is 10.1. The topological polar surface area (TPSA) is 147 Å². The quantitative estimate of drug-likeness (QED) is 0.409. The minimum Gasteiger partial charge on any atom is -0.378 e. The predicted octanol–water partition coefficient (Wildman–Crippen LogP) is 2.58. The van der Waals surface area contributed by atoms with Crippen LogP contribution in [0.3, 0.4) is 0 Å². The van der Waals surface area contributed by atoms with Crippen molar-refractivity contribution in [2.75, 3.05) is 66.8 Å². The molecule has 0 saturated carbocycles. The van der Waals surface area contributed by atoms with Gasteiger partial charge in [0.25, 0.3) is 5.91 Å². The first-order valence-electron chi connectivity index (χ1n) is 13.7. The van der Waals surface area contributed by atoms with Gasteiger partial charge in [-0.25, -0.2) is 4.98 Å². The number of anilines is 4.